The summed E-state index contributed by atoms with van der Waals surface area (Å²) < 4.78 is 42.4. The van der Waals surface area contributed by atoms with Crippen molar-refractivity contribution in [3.63, 3.8) is 0 Å². The molecule has 8 heteroatoms. The lowest BCUT2D eigenvalue weighted by molar-refractivity contribution is -0.0498. The highest BCUT2D eigenvalue weighted by molar-refractivity contribution is 9.10. The van der Waals surface area contributed by atoms with Gasteiger partial charge in [-0.1, -0.05) is 28.1 Å². The summed E-state index contributed by atoms with van der Waals surface area (Å²) in [6.07, 6.45) is 0. The largest absolute Gasteiger partial charge is 0.435 e. The number of nitrogens with one attached hydrogen (secondary N) is 2. The molecule has 0 aliphatic carbocycles. The van der Waals surface area contributed by atoms with Crippen molar-refractivity contribution in [1.82, 2.24) is 5.32 Å². The van der Waals surface area contributed by atoms with E-state index in [-0.39, 0.29) is 18.0 Å². The summed E-state index contributed by atoms with van der Waals surface area (Å²) in [6.45, 7) is -2.73. The van der Waals surface area contributed by atoms with E-state index >= 15 is 0 Å². The molecule has 2 rings (SSSR count). The highest BCUT2D eigenvalue weighted by Gasteiger charge is 2.07. The fourth-order valence-electron chi connectivity index (χ4n) is 1.73. The molecule has 0 aliphatic heterocycles. The number of halogens is 4. The van der Waals surface area contributed by atoms with Crippen LogP contribution in [-0.4, -0.2) is 12.6 Å². The van der Waals surface area contributed by atoms with E-state index in [0.717, 1.165) is 0 Å². The van der Waals surface area contributed by atoms with Crippen LogP contribution in [0.5, 0.6) is 5.75 Å². The van der Waals surface area contributed by atoms with Crippen LogP contribution in [0.3, 0.4) is 0 Å². The van der Waals surface area contributed by atoms with Crippen molar-refractivity contribution in [3.8, 4) is 5.75 Å². The summed E-state index contributed by atoms with van der Waals surface area (Å²) in [6, 6.07) is 9.49. The van der Waals surface area contributed by atoms with Crippen LogP contribution in [0, 0.1) is 5.82 Å². The van der Waals surface area contributed by atoms with Crippen molar-refractivity contribution >= 4 is 27.6 Å². The van der Waals surface area contributed by atoms with Gasteiger partial charge in [0.15, 0.2) is 0 Å². The third-order valence-electron chi connectivity index (χ3n) is 2.78. The van der Waals surface area contributed by atoms with E-state index in [1.165, 1.54) is 36.4 Å². The summed E-state index contributed by atoms with van der Waals surface area (Å²) in [4.78, 5) is 11.7. The van der Waals surface area contributed by atoms with Crippen LogP contribution in [0.15, 0.2) is 46.9 Å². The fraction of sp³-hybridized carbons (Fsp3) is 0.133. The number of rotatable bonds is 5. The first-order valence-electron chi connectivity index (χ1n) is 6.47. The zero-order valence-corrected chi connectivity index (χ0v) is 13.2. The molecule has 2 amide bonds. The number of ether oxygens (including phenoxy) is 1. The average Bonchev–Trinajstić information content (AvgIpc) is 2.49. The molecule has 0 unspecified atom stereocenters. The van der Waals surface area contributed by atoms with Crippen LogP contribution in [0.1, 0.15) is 5.56 Å². The highest BCUT2D eigenvalue weighted by Crippen LogP contribution is 2.19. The van der Waals surface area contributed by atoms with Crippen molar-refractivity contribution in [1.29, 1.82) is 0 Å². The van der Waals surface area contributed by atoms with E-state index in [1.54, 1.807) is 6.07 Å². The molecular formula is C15H12BrF3N2O2. The smallest absolute Gasteiger partial charge is 0.387 e. The Morgan fingerprint density at radius 1 is 1.17 bits per heavy atom. The van der Waals surface area contributed by atoms with Gasteiger partial charge in [-0.15, -0.1) is 0 Å². The van der Waals surface area contributed by atoms with E-state index in [2.05, 4.69) is 31.3 Å². The average molecular weight is 389 g/mol. The Balaban J connectivity index is 1.86. The van der Waals surface area contributed by atoms with E-state index in [1.807, 2.05) is 0 Å². The minimum absolute atomic E-state index is 0.0325. The fourth-order valence-corrected chi connectivity index (χ4v) is 2.06. The summed E-state index contributed by atoms with van der Waals surface area (Å²) in [7, 11) is 0. The number of carbonyl (C=O) groups is 1. The summed E-state index contributed by atoms with van der Waals surface area (Å²) in [5, 5.41) is 4.91. The number of alkyl halides is 2. The topological polar surface area (TPSA) is 50.4 Å². The maximum absolute atomic E-state index is 13.6. The number of hydrogen-bond acceptors (Lipinski definition) is 2. The molecule has 2 aromatic rings. The predicted octanol–water partition coefficient (Wildman–Crippen LogP) is 4.51. The van der Waals surface area contributed by atoms with Crippen LogP contribution < -0.4 is 15.4 Å². The lowest BCUT2D eigenvalue weighted by Crippen LogP contribution is -2.28. The Hall–Kier alpha value is -2.22. The van der Waals surface area contributed by atoms with E-state index in [4.69, 9.17) is 0 Å². The van der Waals surface area contributed by atoms with Crippen molar-refractivity contribution < 1.29 is 22.7 Å². The monoisotopic (exact) mass is 388 g/mol. The Labute approximate surface area is 138 Å². The maximum Gasteiger partial charge on any atom is 0.387 e. The molecule has 2 aromatic carbocycles. The molecule has 0 heterocycles. The van der Waals surface area contributed by atoms with Gasteiger partial charge in [0.1, 0.15) is 11.6 Å². The molecule has 23 heavy (non-hydrogen) atoms. The Bertz CT molecular complexity index is 681. The van der Waals surface area contributed by atoms with E-state index in [0.29, 0.717) is 10.0 Å². The molecule has 0 spiro atoms. The number of urea groups is 1. The number of anilines is 1. The molecule has 2 N–H and O–H groups in total. The van der Waals surface area contributed by atoms with Gasteiger partial charge < -0.3 is 15.4 Å². The van der Waals surface area contributed by atoms with Gasteiger partial charge in [-0.25, -0.2) is 9.18 Å². The van der Waals surface area contributed by atoms with Gasteiger partial charge >= 0.3 is 12.6 Å². The first kappa shape index (κ1) is 17.1. The minimum Gasteiger partial charge on any atom is -0.435 e. The molecule has 0 atom stereocenters. The van der Waals surface area contributed by atoms with Gasteiger partial charge in [0.2, 0.25) is 0 Å². The SMILES string of the molecule is O=C(NCc1ccc(OC(F)F)cc1)Nc1ccc(Br)cc1F. The lowest BCUT2D eigenvalue weighted by atomic mass is 10.2. The second kappa shape index (κ2) is 7.87. The van der Waals surface area contributed by atoms with Crippen LogP contribution in [0.4, 0.5) is 23.7 Å². The van der Waals surface area contributed by atoms with E-state index < -0.39 is 18.5 Å². The van der Waals surface area contributed by atoms with Gasteiger partial charge in [-0.3, -0.25) is 0 Å². The Morgan fingerprint density at radius 3 is 2.48 bits per heavy atom. The van der Waals surface area contributed by atoms with E-state index in [9.17, 15) is 18.0 Å². The first-order valence-corrected chi connectivity index (χ1v) is 7.27. The van der Waals surface area contributed by atoms with Crippen molar-refractivity contribution in [2.45, 2.75) is 13.2 Å². The normalized spacial score (nSPS) is 10.5. The lowest BCUT2D eigenvalue weighted by Gasteiger charge is -2.09. The minimum atomic E-state index is -2.88. The highest BCUT2D eigenvalue weighted by atomic mass is 79.9. The zero-order valence-electron chi connectivity index (χ0n) is 11.7. The van der Waals surface area contributed by atoms with Crippen LogP contribution in [-0.2, 0) is 6.54 Å². The summed E-state index contributed by atoms with van der Waals surface area (Å²) in [5.74, 6) is -0.534. The number of hydrogen-bond donors (Lipinski definition) is 2. The standard InChI is InChI=1S/C15H12BrF3N2O2/c16-10-3-6-13(12(17)7-10)21-15(22)20-8-9-1-4-11(5-2-9)23-14(18)19/h1-7,14H,8H2,(H2,20,21,22). The quantitative estimate of drug-likeness (QED) is 0.791. The molecule has 0 saturated carbocycles. The molecule has 0 aromatic heterocycles. The Kier molecular flexibility index (Phi) is 5.86. The molecule has 0 saturated heterocycles. The van der Waals surface area contributed by atoms with Gasteiger partial charge in [0, 0.05) is 11.0 Å². The van der Waals surface area contributed by atoms with Crippen LogP contribution in [0.2, 0.25) is 0 Å². The second-order valence-electron chi connectivity index (χ2n) is 4.45. The molecule has 0 fully saturated rings. The van der Waals surface area contributed by atoms with Crippen molar-refractivity contribution in [3.05, 3.63) is 58.3 Å². The molecular weight excluding hydrogens is 377 g/mol. The Morgan fingerprint density at radius 2 is 1.87 bits per heavy atom. The second-order valence-corrected chi connectivity index (χ2v) is 5.37. The molecule has 0 bridgehead atoms. The van der Waals surface area contributed by atoms with Gasteiger partial charge in [0.25, 0.3) is 0 Å². The molecule has 122 valence electrons. The maximum atomic E-state index is 13.6. The van der Waals surface area contributed by atoms with Crippen molar-refractivity contribution in [2.75, 3.05) is 5.32 Å². The van der Waals surface area contributed by atoms with Gasteiger partial charge in [-0.05, 0) is 35.9 Å². The third kappa shape index (κ3) is 5.48. The van der Waals surface area contributed by atoms with Gasteiger partial charge in [-0.2, -0.15) is 8.78 Å². The van der Waals surface area contributed by atoms with Crippen molar-refractivity contribution in [2.24, 2.45) is 0 Å². The molecule has 0 aliphatic rings. The molecule has 0 radical (unpaired) electrons. The van der Waals surface area contributed by atoms with Crippen LogP contribution >= 0.6 is 15.9 Å². The zero-order chi connectivity index (χ0) is 16.8. The number of amides is 2. The number of benzene rings is 2. The molecule has 4 nitrogen and oxygen atoms in total. The van der Waals surface area contributed by atoms with Crippen LogP contribution in [0.25, 0.3) is 0 Å². The predicted molar refractivity (Wildman–Crippen MR) is 83.0 cm³/mol. The summed E-state index contributed by atoms with van der Waals surface area (Å²) >= 11 is 3.12. The number of carbonyl (C=O) groups excluding carboxylic acids is 1. The van der Waals surface area contributed by atoms with Gasteiger partial charge in [0.05, 0.1) is 5.69 Å². The summed E-state index contributed by atoms with van der Waals surface area (Å²) in [5.41, 5.74) is 0.726. The first-order chi connectivity index (χ1) is 10.9. The third-order valence-corrected chi connectivity index (χ3v) is 3.27.